The number of amides is 1. The van der Waals surface area contributed by atoms with E-state index >= 15 is 0 Å². The fourth-order valence-electron chi connectivity index (χ4n) is 2.59. The van der Waals surface area contributed by atoms with Crippen LogP contribution in [-0.4, -0.2) is 25.0 Å². The molecule has 0 aliphatic heterocycles. The van der Waals surface area contributed by atoms with Crippen molar-refractivity contribution >= 4 is 11.9 Å². The third-order valence-corrected chi connectivity index (χ3v) is 3.93. The van der Waals surface area contributed by atoms with Crippen molar-refractivity contribution in [3.05, 3.63) is 83.6 Å². The molecule has 2 N–H and O–H groups in total. The van der Waals surface area contributed by atoms with E-state index in [1.165, 1.54) is 6.20 Å². The normalized spacial score (nSPS) is 10.8. The topological polar surface area (TPSA) is 91.2 Å². The van der Waals surface area contributed by atoms with Crippen LogP contribution in [0.1, 0.15) is 30.5 Å². The molecule has 0 aliphatic carbocycles. The second kappa shape index (κ2) is 11.2. The summed E-state index contributed by atoms with van der Waals surface area (Å²) in [5.74, 6) is -0.830. The first-order chi connectivity index (χ1) is 13.7. The van der Waals surface area contributed by atoms with Gasteiger partial charge in [0.15, 0.2) is 0 Å². The SMILES string of the molecule is CCOC(=O)CCN/C=C(/C#N)C(=O)NC(c1ccccc1)c1ccccc1. The van der Waals surface area contributed by atoms with Crippen LogP contribution in [0.25, 0.3) is 0 Å². The smallest absolute Gasteiger partial charge is 0.307 e. The lowest BCUT2D eigenvalue weighted by Gasteiger charge is -2.19. The zero-order chi connectivity index (χ0) is 20.2. The minimum absolute atomic E-state index is 0.0688. The molecule has 0 aromatic heterocycles. The Morgan fingerprint density at radius 3 is 2.14 bits per heavy atom. The number of esters is 1. The summed E-state index contributed by atoms with van der Waals surface area (Å²) in [6.45, 7) is 2.33. The van der Waals surface area contributed by atoms with Crippen LogP contribution in [0.4, 0.5) is 0 Å². The van der Waals surface area contributed by atoms with E-state index < -0.39 is 5.91 Å². The molecule has 1 amide bonds. The van der Waals surface area contributed by atoms with Crippen molar-refractivity contribution in [2.45, 2.75) is 19.4 Å². The van der Waals surface area contributed by atoms with Crippen molar-refractivity contribution in [1.82, 2.24) is 10.6 Å². The zero-order valence-electron chi connectivity index (χ0n) is 15.7. The fraction of sp³-hybridized carbons (Fsp3) is 0.227. The van der Waals surface area contributed by atoms with Gasteiger partial charge in [0.25, 0.3) is 5.91 Å². The summed E-state index contributed by atoms with van der Waals surface area (Å²) >= 11 is 0. The van der Waals surface area contributed by atoms with E-state index in [-0.39, 0.29) is 30.5 Å². The van der Waals surface area contributed by atoms with Crippen LogP contribution >= 0.6 is 0 Å². The molecule has 2 aromatic carbocycles. The molecule has 144 valence electrons. The summed E-state index contributed by atoms with van der Waals surface area (Å²) in [5, 5.41) is 15.1. The monoisotopic (exact) mass is 377 g/mol. The van der Waals surface area contributed by atoms with Gasteiger partial charge in [-0.3, -0.25) is 9.59 Å². The van der Waals surface area contributed by atoms with E-state index in [1.54, 1.807) is 6.92 Å². The highest BCUT2D eigenvalue weighted by atomic mass is 16.5. The van der Waals surface area contributed by atoms with E-state index in [0.29, 0.717) is 6.61 Å². The molecule has 0 aliphatic rings. The number of ether oxygens (including phenoxy) is 1. The Bertz CT molecular complexity index is 803. The van der Waals surface area contributed by atoms with Gasteiger partial charge in [0, 0.05) is 12.7 Å². The third kappa shape index (κ3) is 6.29. The summed E-state index contributed by atoms with van der Waals surface area (Å²) in [7, 11) is 0. The zero-order valence-corrected chi connectivity index (χ0v) is 15.7. The Kier molecular flexibility index (Phi) is 8.28. The van der Waals surface area contributed by atoms with Crippen molar-refractivity contribution < 1.29 is 14.3 Å². The molecule has 6 heteroatoms. The molecule has 2 aromatic rings. The van der Waals surface area contributed by atoms with Gasteiger partial charge in [0.1, 0.15) is 11.6 Å². The Morgan fingerprint density at radius 1 is 1.07 bits per heavy atom. The predicted molar refractivity (Wildman–Crippen MR) is 106 cm³/mol. The molecule has 0 atom stereocenters. The maximum absolute atomic E-state index is 12.6. The van der Waals surface area contributed by atoms with Crippen LogP contribution in [-0.2, 0) is 14.3 Å². The molecule has 0 saturated carbocycles. The van der Waals surface area contributed by atoms with Gasteiger partial charge in [-0.2, -0.15) is 5.26 Å². The predicted octanol–water partition coefficient (Wildman–Crippen LogP) is 2.84. The van der Waals surface area contributed by atoms with E-state index in [4.69, 9.17) is 4.74 Å². The largest absolute Gasteiger partial charge is 0.466 e. The lowest BCUT2D eigenvalue weighted by molar-refractivity contribution is -0.142. The summed E-state index contributed by atoms with van der Waals surface area (Å²) in [5.41, 5.74) is 1.75. The number of nitriles is 1. The minimum atomic E-state index is -0.496. The molecule has 0 saturated heterocycles. The maximum Gasteiger partial charge on any atom is 0.307 e. The third-order valence-electron chi connectivity index (χ3n) is 3.93. The van der Waals surface area contributed by atoms with Crippen LogP contribution in [0.5, 0.6) is 0 Å². The molecule has 2 rings (SSSR count). The first kappa shape index (κ1) is 20.7. The Hall–Kier alpha value is -3.59. The van der Waals surface area contributed by atoms with Crippen LogP contribution in [0, 0.1) is 11.3 Å². The number of hydrogen-bond acceptors (Lipinski definition) is 5. The number of carbonyl (C=O) groups is 2. The average Bonchev–Trinajstić information content (AvgIpc) is 2.73. The molecule has 6 nitrogen and oxygen atoms in total. The summed E-state index contributed by atoms with van der Waals surface area (Å²) < 4.78 is 4.83. The van der Waals surface area contributed by atoms with Gasteiger partial charge in [0.05, 0.1) is 19.1 Å². The lowest BCUT2D eigenvalue weighted by Crippen LogP contribution is -2.31. The van der Waals surface area contributed by atoms with Gasteiger partial charge >= 0.3 is 5.97 Å². The molecular formula is C22H23N3O3. The van der Waals surface area contributed by atoms with E-state index in [1.807, 2.05) is 66.7 Å². The molecule has 0 bridgehead atoms. The van der Waals surface area contributed by atoms with Crippen molar-refractivity contribution in [2.75, 3.05) is 13.2 Å². The van der Waals surface area contributed by atoms with Gasteiger partial charge in [-0.25, -0.2) is 0 Å². The highest BCUT2D eigenvalue weighted by molar-refractivity contribution is 5.97. The summed E-state index contributed by atoms with van der Waals surface area (Å²) in [4.78, 5) is 24.0. The summed E-state index contributed by atoms with van der Waals surface area (Å²) in [6, 6.07) is 20.6. The van der Waals surface area contributed by atoms with Crippen LogP contribution in [0.15, 0.2) is 72.4 Å². The Morgan fingerprint density at radius 2 is 1.64 bits per heavy atom. The number of benzene rings is 2. The van der Waals surface area contributed by atoms with Crippen molar-refractivity contribution in [3.63, 3.8) is 0 Å². The molecule has 28 heavy (non-hydrogen) atoms. The fourth-order valence-corrected chi connectivity index (χ4v) is 2.59. The van der Waals surface area contributed by atoms with E-state index in [2.05, 4.69) is 10.6 Å². The standard InChI is InChI=1S/C22H23N3O3/c1-2-28-20(26)13-14-24-16-19(15-23)22(27)25-21(17-9-5-3-6-10-17)18-11-7-4-8-12-18/h3-12,16,21,24H,2,13-14H2,1H3,(H,25,27)/b19-16-. The number of nitrogens with one attached hydrogen (secondary N) is 2. The summed E-state index contributed by atoms with van der Waals surface area (Å²) in [6.07, 6.45) is 1.48. The van der Waals surface area contributed by atoms with Gasteiger partial charge < -0.3 is 15.4 Å². The van der Waals surface area contributed by atoms with Crippen LogP contribution in [0.3, 0.4) is 0 Å². The second-order valence-electron chi connectivity index (χ2n) is 5.91. The second-order valence-corrected chi connectivity index (χ2v) is 5.91. The van der Waals surface area contributed by atoms with Crippen molar-refractivity contribution in [3.8, 4) is 6.07 Å². The van der Waals surface area contributed by atoms with Crippen molar-refractivity contribution in [2.24, 2.45) is 0 Å². The number of hydrogen-bond donors (Lipinski definition) is 2. The lowest BCUT2D eigenvalue weighted by atomic mass is 9.98. The Balaban J connectivity index is 2.08. The van der Waals surface area contributed by atoms with Gasteiger partial charge in [-0.1, -0.05) is 60.7 Å². The highest BCUT2D eigenvalue weighted by Crippen LogP contribution is 2.22. The van der Waals surface area contributed by atoms with Gasteiger partial charge in [0.2, 0.25) is 0 Å². The quantitative estimate of drug-likeness (QED) is 0.303. The first-order valence-electron chi connectivity index (χ1n) is 9.05. The van der Waals surface area contributed by atoms with Crippen LogP contribution in [0.2, 0.25) is 0 Å². The molecule has 0 radical (unpaired) electrons. The van der Waals surface area contributed by atoms with Crippen molar-refractivity contribution in [1.29, 1.82) is 5.26 Å². The highest BCUT2D eigenvalue weighted by Gasteiger charge is 2.19. The number of rotatable bonds is 9. The van der Waals surface area contributed by atoms with Gasteiger partial charge in [-0.15, -0.1) is 0 Å². The molecule has 0 heterocycles. The Labute approximate surface area is 164 Å². The maximum atomic E-state index is 12.6. The molecular weight excluding hydrogens is 354 g/mol. The van der Waals surface area contributed by atoms with Crippen LogP contribution < -0.4 is 10.6 Å². The molecule has 0 unspecified atom stereocenters. The molecule has 0 spiro atoms. The molecule has 0 fully saturated rings. The van der Waals surface area contributed by atoms with E-state index in [0.717, 1.165) is 11.1 Å². The minimum Gasteiger partial charge on any atom is -0.466 e. The first-order valence-corrected chi connectivity index (χ1v) is 9.05. The van der Waals surface area contributed by atoms with E-state index in [9.17, 15) is 14.9 Å². The van der Waals surface area contributed by atoms with Gasteiger partial charge in [-0.05, 0) is 18.1 Å². The number of nitrogens with zero attached hydrogens (tertiary/aromatic N) is 1. The average molecular weight is 377 g/mol. The number of carbonyl (C=O) groups excluding carboxylic acids is 2.